The molecule has 43 heavy (non-hydrogen) atoms. The second-order valence-electron chi connectivity index (χ2n) is 11.0. The van der Waals surface area contributed by atoms with Crippen molar-refractivity contribution in [3.63, 3.8) is 0 Å². The summed E-state index contributed by atoms with van der Waals surface area (Å²) < 4.78 is 2.14. The predicted molar refractivity (Wildman–Crippen MR) is 175 cm³/mol. The number of benzene rings is 4. The molecule has 0 N–H and O–H groups in total. The van der Waals surface area contributed by atoms with Crippen LogP contribution in [0.15, 0.2) is 122 Å². The van der Waals surface area contributed by atoms with Gasteiger partial charge < -0.3 is 9.55 Å². The van der Waals surface area contributed by atoms with E-state index in [9.17, 15) is 0 Å². The van der Waals surface area contributed by atoms with Crippen molar-refractivity contribution in [3.05, 3.63) is 145 Å². The Kier molecular flexibility index (Phi) is 11.0. The monoisotopic (exact) mass is 740 g/mol. The largest absolute Gasteiger partial charge is 0.367 e. The van der Waals surface area contributed by atoms with E-state index in [2.05, 4.69) is 104 Å². The summed E-state index contributed by atoms with van der Waals surface area (Å²) in [7, 11) is 2.07. The van der Waals surface area contributed by atoms with Crippen LogP contribution in [0, 0.1) is 12.1 Å². The molecule has 2 heterocycles. The van der Waals surface area contributed by atoms with Crippen LogP contribution in [0.1, 0.15) is 50.7 Å². The molecular formula is C39H37IrN3-2. The second-order valence-corrected chi connectivity index (χ2v) is 11.0. The first kappa shape index (κ1) is 31.8. The fraction of sp³-hybridized carbons (Fsp3) is 0.179. The molecule has 219 valence electrons. The average Bonchev–Trinajstić information content (AvgIpc) is 3.43. The van der Waals surface area contributed by atoms with E-state index in [4.69, 9.17) is 0 Å². The van der Waals surface area contributed by atoms with Gasteiger partial charge >= 0.3 is 0 Å². The van der Waals surface area contributed by atoms with E-state index in [0.717, 1.165) is 28.3 Å². The molecule has 0 saturated heterocycles. The SMILES string of the molecule is CC(C)c1cccc(C(C)C)c1-c1ccc(-c2cnc(-c3[c-]cccc3)n2C)cc1.[Ir].[c-]1ccccc1-c1ccccn1. The molecule has 4 aromatic carbocycles. The molecule has 0 spiro atoms. The molecule has 6 rings (SSSR count). The zero-order chi connectivity index (χ0) is 29.5. The third-order valence-electron chi connectivity index (χ3n) is 7.43. The van der Waals surface area contributed by atoms with E-state index in [0.29, 0.717) is 11.8 Å². The normalized spacial score (nSPS) is 10.7. The van der Waals surface area contributed by atoms with E-state index in [1.165, 1.54) is 27.8 Å². The maximum atomic E-state index is 4.65. The summed E-state index contributed by atoms with van der Waals surface area (Å²) >= 11 is 0. The quantitative estimate of drug-likeness (QED) is 0.159. The molecule has 0 aliphatic carbocycles. The number of imidazole rings is 1. The van der Waals surface area contributed by atoms with Crippen molar-refractivity contribution in [1.82, 2.24) is 14.5 Å². The van der Waals surface area contributed by atoms with Crippen LogP contribution in [0.4, 0.5) is 0 Å². The maximum absolute atomic E-state index is 4.65. The molecule has 0 aliphatic heterocycles. The van der Waals surface area contributed by atoms with Gasteiger partial charge in [-0.1, -0.05) is 82.3 Å². The number of rotatable bonds is 6. The van der Waals surface area contributed by atoms with Gasteiger partial charge in [0.1, 0.15) is 0 Å². The van der Waals surface area contributed by atoms with Gasteiger partial charge in [0.05, 0.1) is 11.5 Å². The minimum atomic E-state index is 0. The molecule has 0 unspecified atom stereocenters. The third-order valence-corrected chi connectivity index (χ3v) is 7.43. The predicted octanol–water partition coefficient (Wildman–Crippen LogP) is 10.0. The summed E-state index contributed by atoms with van der Waals surface area (Å²) in [6, 6.07) is 43.7. The molecule has 2 aromatic heterocycles. The Bertz CT molecular complexity index is 1640. The van der Waals surface area contributed by atoms with Crippen LogP contribution in [-0.4, -0.2) is 14.5 Å². The molecule has 0 amide bonds. The van der Waals surface area contributed by atoms with E-state index >= 15 is 0 Å². The third kappa shape index (κ3) is 7.46. The van der Waals surface area contributed by atoms with Crippen molar-refractivity contribution >= 4 is 0 Å². The zero-order valence-electron chi connectivity index (χ0n) is 25.4. The molecule has 0 fully saturated rings. The van der Waals surface area contributed by atoms with Gasteiger partial charge in [-0.25, -0.2) is 0 Å². The average molecular weight is 740 g/mol. The van der Waals surface area contributed by atoms with Crippen molar-refractivity contribution in [3.8, 4) is 45.0 Å². The van der Waals surface area contributed by atoms with Crippen molar-refractivity contribution in [2.45, 2.75) is 39.5 Å². The van der Waals surface area contributed by atoms with Crippen LogP contribution in [0.2, 0.25) is 0 Å². The number of nitrogens with zero attached hydrogens (tertiary/aromatic N) is 3. The first-order valence-corrected chi connectivity index (χ1v) is 14.5. The van der Waals surface area contributed by atoms with Gasteiger partial charge in [-0.3, -0.25) is 4.98 Å². The van der Waals surface area contributed by atoms with Crippen LogP contribution in [0.25, 0.3) is 45.0 Å². The Morgan fingerprint density at radius 1 is 0.605 bits per heavy atom. The Morgan fingerprint density at radius 2 is 1.19 bits per heavy atom. The molecule has 6 aromatic rings. The summed E-state index contributed by atoms with van der Waals surface area (Å²) in [4.78, 5) is 8.87. The Hall–Kier alpha value is -4.11. The zero-order valence-corrected chi connectivity index (χ0v) is 27.8. The Morgan fingerprint density at radius 3 is 1.72 bits per heavy atom. The topological polar surface area (TPSA) is 30.7 Å². The summed E-state index contributed by atoms with van der Waals surface area (Å²) in [5.41, 5.74) is 10.8. The van der Waals surface area contributed by atoms with Gasteiger partial charge in [-0.15, -0.1) is 71.8 Å². The smallest absolute Gasteiger partial charge is 0.0587 e. The minimum Gasteiger partial charge on any atom is -0.367 e. The van der Waals surface area contributed by atoms with Crippen LogP contribution in [-0.2, 0) is 27.2 Å². The van der Waals surface area contributed by atoms with Crippen LogP contribution in [0.3, 0.4) is 0 Å². The number of hydrogen-bond acceptors (Lipinski definition) is 2. The summed E-state index contributed by atoms with van der Waals surface area (Å²) in [5, 5.41) is 0. The summed E-state index contributed by atoms with van der Waals surface area (Å²) in [5.74, 6) is 1.90. The van der Waals surface area contributed by atoms with Gasteiger partial charge in [0.2, 0.25) is 0 Å². The Labute approximate surface area is 270 Å². The van der Waals surface area contributed by atoms with E-state index in [1.54, 1.807) is 6.20 Å². The van der Waals surface area contributed by atoms with Crippen LogP contribution < -0.4 is 0 Å². The van der Waals surface area contributed by atoms with E-state index < -0.39 is 0 Å². The number of hydrogen-bond donors (Lipinski definition) is 0. The minimum absolute atomic E-state index is 0. The summed E-state index contributed by atoms with van der Waals surface area (Å²) in [6.07, 6.45) is 3.74. The first-order chi connectivity index (χ1) is 20.4. The molecule has 0 saturated carbocycles. The number of aromatic nitrogens is 3. The van der Waals surface area contributed by atoms with Crippen LogP contribution >= 0.6 is 0 Å². The second kappa shape index (κ2) is 14.9. The molecule has 1 radical (unpaired) electrons. The fourth-order valence-corrected chi connectivity index (χ4v) is 5.23. The van der Waals surface area contributed by atoms with Gasteiger partial charge in [0.25, 0.3) is 0 Å². The van der Waals surface area contributed by atoms with Crippen molar-refractivity contribution in [1.29, 1.82) is 0 Å². The van der Waals surface area contributed by atoms with Gasteiger partial charge in [0.15, 0.2) is 0 Å². The van der Waals surface area contributed by atoms with Crippen molar-refractivity contribution in [2.75, 3.05) is 0 Å². The Balaban J connectivity index is 0.000000272. The molecule has 0 atom stereocenters. The summed E-state index contributed by atoms with van der Waals surface area (Å²) in [6.45, 7) is 9.09. The molecule has 0 aliphatic rings. The van der Waals surface area contributed by atoms with Crippen molar-refractivity contribution < 1.29 is 20.1 Å². The standard InChI is InChI=1S/C28H29N2.C11H8N.Ir/c1-19(2)24-12-9-13-25(20(3)4)27(24)22-16-14-21(15-17-22)26-18-29-28(30(26)5)23-10-7-6-8-11-23;1-2-6-10(7-3-1)11-8-4-5-9-12-11;/h6-10,12-20H,1-5H3;1-6,8-9H;/q2*-1;. The molecular weight excluding hydrogens is 703 g/mol. The van der Waals surface area contributed by atoms with Crippen molar-refractivity contribution in [2.24, 2.45) is 7.05 Å². The van der Waals surface area contributed by atoms with E-state index in [1.807, 2.05) is 72.9 Å². The van der Waals surface area contributed by atoms with E-state index in [-0.39, 0.29) is 20.1 Å². The fourth-order valence-electron chi connectivity index (χ4n) is 5.23. The molecule has 3 nitrogen and oxygen atoms in total. The van der Waals surface area contributed by atoms with Gasteiger partial charge in [-0.05, 0) is 51.4 Å². The van der Waals surface area contributed by atoms with Gasteiger partial charge in [0, 0.05) is 39.5 Å². The molecule has 4 heteroatoms. The maximum Gasteiger partial charge on any atom is 0.0587 e. The van der Waals surface area contributed by atoms with Crippen LogP contribution in [0.5, 0.6) is 0 Å². The molecule has 0 bridgehead atoms. The number of pyridine rings is 1. The van der Waals surface area contributed by atoms with Gasteiger partial charge in [-0.2, -0.15) is 0 Å². The first-order valence-electron chi connectivity index (χ1n) is 14.5.